The third-order valence-electron chi connectivity index (χ3n) is 3.06. The first-order valence-electron chi connectivity index (χ1n) is 6.59. The lowest BCUT2D eigenvalue weighted by Crippen LogP contribution is -2.19. The molecule has 0 atom stereocenters. The summed E-state index contributed by atoms with van der Waals surface area (Å²) in [4.78, 5) is 0. The van der Waals surface area contributed by atoms with Crippen LogP contribution in [0, 0.1) is 5.92 Å². The van der Waals surface area contributed by atoms with E-state index in [1.807, 2.05) is 0 Å². The van der Waals surface area contributed by atoms with Gasteiger partial charge in [-0.15, -0.1) is 0 Å². The third-order valence-corrected chi connectivity index (χ3v) is 3.06. The topological polar surface area (TPSA) is 21.3 Å². The molecule has 16 heavy (non-hydrogen) atoms. The predicted molar refractivity (Wildman–Crippen MR) is 71.8 cm³/mol. The number of nitrogens with one attached hydrogen (secondary N) is 1. The van der Waals surface area contributed by atoms with E-state index in [9.17, 15) is 0 Å². The second-order valence-electron chi connectivity index (χ2n) is 4.47. The van der Waals surface area contributed by atoms with Gasteiger partial charge in [0.25, 0.3) is 0 Å². The zero-order chi connectivity index (χ0) is 12.2. The first-order chi connectivity index (χ1) is 7.74. The molecule has 0 bridgehead atoms. The normalized spacial score (nSPS) is 12.4. The van der Waals surface area contributed by atoms with Gasteiger partial charge in [-0.25, -0.2) is 0 Å². The summed E-state index contributed by atoms with van der Waals surface area (Å²) < 4.78 is 4.97. The molecule has 0 saturated carbocycles. The molecule has 2 nitrogen and oxygen atoms in total. The fourth-order valence-corrected chi connectivity index (χ4v) is 1.84. The van der Waals surface area contributed by atoms with E-state index >= 15 is 0 Å². The summed E-state index contributed by atoms with van der Waals surface area (Å²) in [6.07, 6.45) is 7.38. The molecule has 0 spiro atoms. The SMILES string of the molecule is CCC(CC)CC(C)=CCCNCCOC. The lowest BCUT2D eigenvalue weighted by molar-refractivity contribution is 0.199. The molecule has 0 unspecified atom stereocenters. The van der Waals surface area contributed by atoms with E-state index in [1.54, 1.807) is 12.7 Å². The van der Waals surface area contributed by atoms with Gasteiger partial charge in [-0.2, -0.15) is 0 Å². The summed E-state index contributed by atoms with van der Waals surface area (Å²) in [5.41, 5.74) is 1.54. The van der Waals surface area contributed by atoms with E-state index in [0.717, 1.165) is 32.0 Å². The van der Waals surface area contributed by atoms with Crippen LogP contribution in [-0.4, -0.2) is 26.8 Å². The number of rotatable bonds is 10. The molecule has 0 aliphatic heterocycles. The monoisotopic (exact) mass is 227 g/mol. The van der Waals surface area contributed by atoms with Crippen molar-refractivity contribution in [2.75, 3.05) is 26.8 Å². The van der Waals surface area contributed by atoms with Crippen LogP contribution in [0.25, 0.3) is 0 Å². The number of hydrogen-bond donors (Lipinski definition) is 1. The van der Waals surface area contributed by atoms with Gasteiger partial charge in [-0.05, 0) is 32.2 Å². The van der Waals surface area contributed by atoms with Crippen molar-refractivity contribution < 1.29 is 4.74 Å². The van der Waals surface area contributed by atoms with Crippen molar-refractivity contribution in [1.82, 2.24) is 5.32 Å². The molecule has 0 amide bonds. The molecule has 0 rings (SSSR count). The quantitative estimate of drug-likeness (QED) is 0.456. The Bertz CT molecular complexity index is 174. The molecule has 0 aliphatic carbocycles. The lowest BCUT2D eigenvalue weighted by Gasteiger charge is -2.12. The number of ether oxygens (including phenoxy) is 1. The molecule has 0 aromatic heterocycles. The molecule has 0 fully saturated rings. The summed E-state index contributed by atoms with van der Waals surface area (Å²) in [6, 6.07) is 0. The summed E-state index contributed by atoms with van der Waals surface area (Å²) in [5, 5.41) is 3.35. The average Bonchev–Trinajstić information content (AvgIpc) is 2.30. The second kappa shape index (κ2) is 11.2. The summed E-state index contributed by atoms with van der Waals surface area (Å²) >= 11 is 0. The Morgan fingerprint density at radius 1 is 1.25 bits per heavy atom. The third kappa shape index (κ3) is 8.93. The Hall–Kier alpha value is -0.340. The Morgan fingerprint density at radius 2 is 1.94 bits per heavy atom. The molecule has 0 aromatic rings. The van der Waals surface area contributed by atoms with Gasteiger partial charge in [0.05, 0.1) is 6.61 Å². The van der Waals surface area contributed by atoms with Crippen molar-refractivity contribution in [3.63, 3.8) is 0 Å². The van der Waals surface area contributed by atoms with E-state index < -0.39 is 0 Å². The number of allylic oxidation sites excluding steroid dienone is 1. The first-order valence-corrected chi connectivity index (χ1v) is 6.59. The van der Waals surface area contributed by atoms with Crippen LogP contribution in [0.3, 0.4) is 0 Å². The summed E-state index contributed by atoms with van der Waals surface area (Å²) in [7, 11) is 1.74. The zero-order valence-electron chi connectivity index (χ0n) is 11.5. The van der Waals surface area contributed by atoms with Gasteiger partial charge in [0.2, 0.25) is 0 Å². The minimum absolute atomic E-state index is 0.802. The Balaban J connectivity index is 3.54. The van der Waals surface area contributed by atoms with E-state index in [4.69, 9.17) is 4.74 Å². The minimum atomic E-state index is 0.802. The maximum Gasteiger partial charge on any atom is 0.0587 e. The Labute approximate surface area is 101 Å². The van der Waals surface area contributed by atoms with Gasteiger partial charge in [0.1, 0.15) is 0 Å². The fraction of sp³-hybridized carbons (Fsp3) is 0.857. The molecule has 0 aliphatic rings. The average molecular weight is 227 g/mol. The molecule has 0 saturated heterocycles. The standard InChI is InChI=1S/C14H29NO/c1-5-14(6-2)12-13(3)8-7-9-15-10-11-16-4/h8,14-15H,5-7,9-12H2,1-4H3. The van der Waals surface area contributed by atoms with Crippen LogP contribution >= 0.6 is 0 Å². The van der Waals surface area contributed by atoms with Crippen molar-refractivity contribution in [2.24, 2.45) is 5.92 Å². The van der Waals surface area contributed by atoms with Gasteiger partial charge in [0.15, 0.2) is 0 Å². The van der Waals surface area contributed by atoms with Crippen LogP contribution in [0.5, 0.6) is 0 Å². The highest BCUT2D eigenvalue weighted by Crippen LogP contribution is 2.18. The van der Waals surface area contributed by atoms with Crippen molar-refractivity contribution in [1.29, 1.82) is 0 Å². The minimum Gasteiger partial charge on any atom is -0.383 e. The lowest BCUT2D eigenvalue weighted by atomic mass is 9.95. The van der Waals surface area contributed by atoms with Crippen molar-refractivity contribution in [3.05, 3.63) is 11.6 Å². The summed E-state index contributed by atoms with van der Waals surface area (Å²) in [5.74, 6) is 0.873. The Morgan fingerprint density at radius 3 is 2.50 bits per heavy atom. The smallest absolute Gasteiger partial charge is 0.0587 e. The molecule has 96 valence electrons. The number of methoxy groups -OCH3 is 1. The van der Waals surface area contributed by atoms with Crippen LogP contribution < -0.4 is 5.32 Å². The van der Waals surface area contributed by atoms with Crippen LogP contribution in [0.4, 0.5) is 0 Å². The maximum absolute atomic E-state index is 4.97. The zero-order valence-corrected chi connectivity index (χ0v) is 11.5. The molecule has 2 heteroatoms. The van der Waals surface area contributed by atoms with Crippen molar-refractivity contribution in [3.8, 4) is 0 Å². The van der Waals surface area contributed by atoms with Crippen molar-refractivity contribution in [2.45, 2.75) is 46.5 Å². The van der Waals surface area contributed by atoms with Crippen LogP contribution in [0.2, 0.25) is 0 Å². The number of hydrogen-bond acceptors (Lipinski definition) is 2. The van der Waals surface area contributed by atoms with E-state index in [1.165, 1.54) is 19.3 Å². The molecule has 0 aromatic carbocycles. The maximum atomic E-state index is 4.97. The van der Waals surface area contributed by atoms with Gasteiger partial charge >= 0.3 is 0 Å². The highest BCUT2D eigenvalue weighted by molar-refractivity contribution is 4.99. The first kappa shape index (κ1) is 15.7. The van der Waals surface area contributed by atoms with Gasteiger partial charge in [-0.3, -0.25) is 0 Å². The Kier molecular flexibility index (Phi) is 10.9. The van der Waals surface area contributed by atoms with Crippen LogP contribution in [0.15, 0.2) is 11.6 Å². The highest BCUT2D eigenvalue weighted by atomic mass is 16.5. The summed E-state index contributed by atoms with van der Waals surface area (Å²) in [6.45, 7) is 9.64. The fourth-order valence-electron chi connectivity index (χ4n) is 1.84. The molecule has 0 heterocycles. The van der Waals surface area contributed by atoms with E-state index in [-0.39, 0.29) is 0 Å². The highest BCUT2D eigenvalue weighted by Gasteiger charge is 2.03. The largest absolute Gasteiger partial charge is 0.383 e. The molecule has 1 N–H and O–H groups in total. The molecular weight excluding hydrogens is 198 g/mol. The molecule has 0 radical (unpaired) electrons. The van der Waals surface area contributed by atoms with Gasteiger partial charge in [0, 0.05) is 13.7 Å². The van der Waals surface area contributed by atoms with E-state index in [0.29, 0.717) is 0 Å². The van der Waals surface area contributed by atoms with Crippen LogP contribution in [-0.2, 0) is 4.74 Å². The van der Waals surface area contributed by atoms with Gasteiger partial charge in [-0.1, -0.05) is 38.3 Å². The predicted octanol–water partition coefficient (Wildman–Crippen LogP) is 3.39. The molecular formula is C14H29NO. The van der Waals surface area contributed by atoms with E-state index in [2.05, 4.69) is 32.2 Å². The van der Waals surface area contributed by atoms with Crippen molar-refractivity contribution >= 4 is 0 Å². The van der Waals surface area contributed by atoms with Crippen LogP contribution in [0.1, 0.15) is 46.5 Å². The van der Waals surface area contributed by atoms with Gasteiger partial charge < -0.3 is 10.1 Å². The second-order valence-corrected chi connectivity index (χ2v) is 4.47.